The van der Waals surface area contributed by atoms with Crippen LogP contribution in [0, 0.1) is 69.0 Å². The van der Waals surface area contributed by atoms with Gasteiger partial charge in [-0.05, 0) is 188 Å². The molecule has 3 fully saturated rings. The van der Waals surface area contributed by atoms with Gasteiger partial charge in [0.2, 0.25) is 0 Å². The topological polar surface area (TPSA) is 112 Å². The van der Waals surface area contributed by atoms with Gasteiger partial charge in [0, 0.05) is 13.2 Å². The summed E-state index contributed by atoms with van der Waals surface area (Å²) in [6.45, 7) is 20.1. The molecule has 8 heteroatoms. The molecule has 0 heterocycles. The minimum absolute atomic E-state index is 0.0194. The van der Waals surface area contributed by atoms with Gasteiger partial charge in [0.25, 0.3) is 0 Å². The minimum Gasteiger partial charge on any atom is -0.462 e. The molecule has 0 aromatic rings. The van der Waals surface area contributed by atoms with Crippen molar-refractivity contribution in [1.82, 2.24) is 0 Å². The molecule has 0 aliphatic heterocycles. The Kier molecular flexibility index (Phi) is 15.6. The van der Waals surface area contributed by atoms with Crippen molar-refractivity contribution in [2.24, 2.45) is 69.0 Å². The highest BCUT2D eigenvalue weighted by atomic mass is 16.6. The zero-order valence-electron chi connectivity index (χ0n) is 40.5. The van der Waals surface area contributed by atoms with E-state index >= 15 is 0 Å². The predicted octanol–water partition coefficient (Wildman–Crippen LogP) is 11.4. The molecule has 0 aromatic heterocycles. The van der Waals surface area contributed by atoms with E-state index in [1.807, 2.05) is 0 Å². The van der Waals surface area contributed by atoms with E-state index in [1.54, 1.807) is 22.3 Å². The molecule has 0 bridgehead atoms. The maximum atomic E-state index is 13.8. The van der Waals surface area contributed by atoms with Crippen LogP contribution in [0.2, 0.25) is 0 Å². The van der Waals surface area contributed by atoms with E-state index in [-0.39, 0.29) is 49.2 Å². The molecule has 7 aliphatic carbocycles. The van der Waals surface area contributed by atoms with Crippen molar-refractivity contribution < 1.29 is 38.7 Å². The lowest BCUT2D eigenvalue weighted by molar-refractivity contribution is -0.171. The summed E-state index contributed by atoms with van der Waals surface area (Å²) in [5.41, 5.74) is 5.83. The third-order valence-electron chi connectivity index (χ3n) is 19.0. The fraction of sp³-hybridized carbons (Fsp3) is 0.889. The van der Waals surface area contributed by atoms with E-state index in [9.17, 15) is 19.8 Å². The van der Waals surface area contributed by atoms with Crippen LogP contribution < -0.4 is 0 Å². The van der Waals surface area contributed by atoms with Gasteiger partial charge in [-0.3, -0.25) is 9.59 Å². The largest absolute Gasteiger partial charge is 0.462 e. The van der Waals surface area contributed by atoms with E-state index in [0.29, 0.717) is 36.9 Å². The highest BCUT2D eigenvalue weighted by Crippen LogP contribution is 2.64. The number of aliphatic hydroxyl groups excluding tert-OH is 2. The molecule has 7 aliphatic rings. The van der Waals surface area contributed by atoms with Crippen molar-refractivity contribution in [2.75, 3.05) is 39.6 Å². The van der Waals surface area contributed by atoms with E-state index in [0.717, 1.165) is 114 Å². The van der Waals surface area contributed by atoms with Crippen molar-refractivity contribution in [2.45, 2.75) is 196 Å². The van der Waals surface area contributed by atoms with E-state index < -0.39 is 23.0 Å². The molecule has 8 nitrogen and oxygen atoms in total. The number of hydrogen-bond donors (Lipinski definition) is 2. The fourth-order valence-electron chi connectivity index (χ4n) is 15.1. The first-order valence-electron chi connectivity index (χ1n) is 25.8. The van der Waals surface area contributed by atoms with Gasteiger partial charge < -0.3 is 29.2 Å². The van der Waals surface area contributed by atoms with Gasteiger partial charge in [0.15, 0.2) is 0 Å². The number of hydrogen-bond acceptors (Lipinski definition) is 8. The van der Waals surface area contributed by atoms with E-state index in [1.165, 1.54) is 38.5 Å². The summed E-state index contributed by atoms with van der Waals surface area (Å²) in [5, 5.41) is 21.6. The number of fused-ring (bicyclic) bond motifs is 4. The first kappa shape index (κ1) is 48.2. The molecule has 10 unspecified atom stereocenters. The summed E-state index contributed by atoms with van der Waals surface area (Å²) in [4.78, 5) is 27.6. The molecule has 0 saturated heterocycles. The number of rotatable bonds is 16. The Hall–Kier alpha value is -1.74. The van der Waals surface area contributed by atoms with Crippen LogP contribution in [0.25, 0.3) is 0 Å². The number of allylic oxidation sites excluding steroid dienone is 4. The molecule has 0 spiro atoms. The summed E-state index contributed by atoms with van der Waals surface area (Å²) in [6, 6.07) is 0. The monoisotopic (exact) mass is 865 g/mol. The van der Waals surface area contributed by atoms with E-state index in [2.05, 4.69) is 55.4 Å². The van der Waals surface area contributed by atoms with Crippen molar-refractivity contribution in [3.63, 3.8) is 0 Å². The lowest BCUT2D eigenvalue weighted by Crippen LogP contribution is -2.52. The maximum absolute atomic E-state index is 13.8. The summed E-state index contributed by atoms with van der Waals surface area (Å²) in [7, 11) is 0. The van der Waals surface area contributed by atoms with Gasteiger partial charge in [-0.1, -0.05) is 76.7 Å². The average molecular weight is 865 g/mol. The van der Waals surface area contributed by atoms with Crippen LogP contribution in [0.3, 0.4) is 0 Å². The van der Waals surface area contributed by atoms with Crippen LogP contribution in [0.15, 0.2) is 22.3 Å². The SMILES string of the molecule is CC(C)C1CCC2=C(CCC3C(C)(C(=O)OCC(O)COCC4CCC(COCC(O)COC(=O)C5(C)CCCC6(C)C7=C(CCC56)CC(C(C)C)CC7)CC4)CCCC23C)C1. The minimum atomic E-state index is -0.835. The van der Waals surface area contributed by atoms with E-state index in [4.69, 9.17) is 18.9 Å². The van der Waals surface area contributed by atoms with Crippen LogP contribution in [-0.2, 0) is 28.5 Å². The van der Waals surface area contributed by atoms with Crippen LogP contribution in [-0.4, -0.2) is 74.0 Å². The molecule has 2 N–H and O–H groups in total. The summed E-state index contributed by atoms with van der Waals surface area (Å²) in [5.74, 6) is 4.18. The summed E-state index contributed by atoms with van der Waals surface area (Å²) >= 11 is 0. The van der Waals surface area contributed by atoms with Gasteiger partial charge in [-0.25, -0.2) is 0 Å². The maximum Gasteiger partial charge on any atom is 0.312 e. The molecule has 3 saturated carbocycles. The molecular weight excluding hydrogens is 777 g/mol. The summed E-state index contributed by atoms with van der Waals surface area (Å²) in [6.07, 6.45) is 20.3. The molecule has 0 amide bonds. The number of ether oxygens (including phenoxy) is 4. The third-order valence-corrected chi connectivity index (χ3v) is 19.0. The molecular formula is C54H88O8. The van der Waals surface area contributed by atoms with Gasteiger partial charge in [-0.15, -0.1) is 0 Å². The lowest BCUT2D eigenvalue weighted by atomic mass is 9.48. The molecule has 62 heavy (non-hydrogen) atoms. The predicted molar refractivity (Wildman–Crippen MR) is 245 cm³/mol. The van der Waals surface area contributed by atoms with Crippen molar-refractivity contribution in [1.29, 1.82) is 0 Å². The molecule has 0 aromatic carbocycles. The average Bonchev–Trinajstić information content (AvgIpc) is 3.24. The Balaban J connectivity index is 0.764. The van der Waals surface area contributed by atoms with Crippen LogP contribution in [0.1, 0.15) is 184 Å². The van der Waals surface area contributed by atoms with Crippen molar-refractivity contribution in [3.8, 4) is 0 Å². The highest BCUT2D eigenvalue weighted by molar-refractivity contribution is 5.78. The zero-order chi connectivity index (χ0) is 44.5. The lowest BCUT2D eigenvalue weighted by Gasteiger charge is -2.56. The third kappa shape index (κ3) is 9.99. The standard InChI is InChI=1S/C54H88O8/c1-35(2)39-15-19-45-41(27-39)17-21-47-51(45,5)23-9-25-53(47,7)49(57)61-33-43(55)31-59-29-37-11-13-38(14-12-37)30-60-32-44(56)34-62-50(58)54(8)26-10-24-52(6)46-20-16-40(36(3)4)28-42(46)18-22-48(52)54/h35-40,43-44,47-48,55-56H,9-34H2,1-8H3. The van der Waals surface area contributed by atoms with Gasteiger partial charge in [-0.2, -0.15) is 0 Å². The second-order valence-corrected chi connectivity index (χ2v) is 23.7. The van der Waals surface area contributed by atoms with Crippen LogP contribution in [0.5, 0.6) is 0 Å². The smallest absolute Gasteiger partial charge is 0.312 e. The fourth-order valence-corrected chi connectivity index (χ4v) is 15.1. The Morgan fingerprint density at radius 2 is 0.935 bits per heavy atom. The molecule has 352 valence electrons. The Morgan fingerprint density at radius 1 is 0.548 bits per heavy atom. The second kappa shape index (κ2) is 20.0. The quantitative estimate of drug-likeness (QED) is 0.117. The van der Waals surface area contributed by atoms with Gasteiger partial charge >= 0.3 is 11.9 Å². The van der Waals surface area contributed by atoms with Gasteiger partial charge in [0.05, 0.1) is 24.0 Å². The summed E-state index contributed by atoms with van der Waals surface area (Å²) < 4.78 is 23.8. The number of carbonyl (C=O) groups is 2. The Morgan fingerprint density at radius 3 is 1.31 bits per heavy atom. The first-order valence-corrected chi connectivity index (χ1v) is 25.8. The Labute approximate surface area is 376 Å². The number of carbonyl (C=O) groups excluding carboxylic acids is 2. The van der Waals surface area contributed by atoms with Crippen molar-refractivity contribution >= 4 is 11.9 Å². The van der Waals surface area contributed by atoms with Crippen LogP contribution >= 0.6 is 0 Å². The van der Waals surface area contributed by atoms with Gasteiger partial charge in [0.1, 0.15) is 25.4 Å². The second-order valence-electron chi connectivity index (χ2n) is 23.7. The molecule has 7 rings (SSSR count). The molecule has 0 radical (unpaired) electrons. The molecule has 10 atom stereocenters. The number of esters is 2. The van der Waals surface area contributed by atoms with Crippen LogP contribution in [0.4, 0.5) is 0 Å². The first-order chi connectivity index (χ1) is 29.5. The number of aliphatic hydroxyl groups is 2. The zero-order valence-corrected chi connectivity index (χ0v) is 40.5. The normalized spacial score (nSPS) is 38.5. The van der Waals surface area contributed by atoms with Crippen molar-refractivity contribution in [3.05, 3.63) is 22.3 Å². The Bertz CT molecular complexity index is 1500. The highest BCUT2D eigenvalue weighted by Gasteiger charge is 2.58.